The van der Waals surface area contributed by atoms with Gasteiger partial charge in [0.15, 0.2) is 0 Å². The average Bonchev–Trinajstić information content (AvgIpc) is 2.53. The fraction of sp³-hybridized carbons (Fsp3) is 0.294. The maximum Gasteiger partial charge on any atom is 0.0553 e. The summed E-state index contributed by atoms with van der Waals surface area (Å²) in [7, 11) is 1.73. The van der Waals surface area contributed by atoms with E-state index in [0.717, 1.165) is 12.4 Å². The Labute approximate surface area is 125 Å². The molecular weight excluding hydrogens is 266 g/mol. The lowest BCUT2D eigenvalue weighted by Gasteiger charge is -2.24. The van der Waals surface area contributed by atoms with Gasteiger partial charge in [-0.05, 0) is 11.1 Å². The summed E-state index contributed by atoms with van der Waals surface area (Å²) < 4.78 is 5.15. The molecule has 0 bridgehead atoms. The zero-order valence-electron chi connectivity index (χ0n) is 11.7. The van der Waals surface area contributed by atoms with Gasteiger partial charge in [0.2, 0.25) is 0 Å². The van der Waals surface area contributed by atoms with E-state index >= 15 is 0 Å². The Morgan fingerprint density at radius 1 is 0.950 bits per heavy atom. The monoisotopic (exact) mass is 287 g/mol. The summed E-state index contributed by atoms with van der Waals surface area (Å²) in [5.74, 6) is 0.941. The molecule has 0 saturated carbocycles. The molecule has 0 radical (unpaired) electrons. The molecule has 0 aromatic heterocycles. The van der Waals surface area contributed by atoms with E-state index in [-0.39, 0.29) is 11.3 Å². The molecule has 2 nitrogen and oxygen atoms in total. The van der Waals surface area contributed by atoms with Gasteiger partial charge in [0.25, 0.3) is 0 Å². The van der Waals surface area contributed by atoms with E-state index in [1.165, 1.54) is 11.1 Å². The second-order valence-electron chi connectivity index (χ2n) is 4.63. The second kappa shape index (κ2) is 8.10. The summed E-state index contributed by atoms with van der Waals surface area (Å²) in [5.41, 5.74) is 8.93. The summed E-state index contributed by atoms with van der Waals surface area (Å²) in [6.45, 7) is 0.746. The Morgan fingerprint density at radius 2 is 1.50 bits per heavy atom. The van der Waals surface area contributed by atoms with Crippen molar-refractivity contribution in [1.82, 2.24) is 0 Å². The van der Waals surface area contributed by atoms with Crippen LogP contribution in [0.25, 0.3) is 0 Å². The van der Waals surface area contributed by atoms with E-state index in [1.54, 1.807) is 7.11 Å². The molecule has 2 rings (SSSR count). The Hall–Kier alpha value is -1.29. The zero-order valence-corrected chi connectivity index (χ0v) is 12.6. The minimum Gasteiger partial charge on any atom is -0.384 e. The molecule has 20 heavy (non-hydrogen) atoms. The number of thioether (sulfide) groups is 1. The van der Waals surface area contributed by atoms with Gasteiger partial charge >= 0.3 is 0 Å². The molecule has 0 amide bonds. The molecular formula is C17H21NOS. The fourth-order valence-electron chi connectivity index (χ4n) is 2.16. The Bertz CT molecular complexity index is 489. The van der Waals surface area contributed by atoms with Crippen molar-refractivity contribution < 1.29 is 4.74 Å². The van der Waals surface area contributed by atoms with Crippen LogP contribution in [0.3, 0.4) is 0 Å². The number of hydrogen-bond acceptors (Lipinski definition) is 3. The van der Waals surface area contributed by atoms with E-state index in [2.05, 4.69) is 36.4 Å². The van der Waals surface area contributed by atoms with Crippen LogP contribution in [-0.2, 0) is 4.74 Å². The van der Waals surface area contributed by atoms with Crippen LogP contribution in [0.2, 0.25) is 0 Å². The molecule has 2 N–H and O–H groups in total. The smallest absolute Gasteiger partial charge is 0.0553 e. The van der Waals surface area contributed by atoms with Gasteiger partial charge < -0.3 is 10.5 Å². The van der Waals surface area contributed by atoms with Gasteiger partial charge in [-0.25, -0.2) is 0 Å². The predicted molar refractivity (Wildman–Crippen MR) is 86.9 cm³/mol. The average molecular weight is 287 g/mol. The number of benzene rings is 2. The van der Waals surface area contributed by atoms with Crippen molar-refractivity contribution in [3.05, 3.63) is 71.8 Å². The van der Waals surface area contributed by atoms with E-state index in [0.29, 0.717) is 0 Å². The van der Waals surface area contributed by atoms with Crippen molar-refractivity contribution in [2.75, 3.05) is 19.5 Å². The summed E-state index contributed by atoms with van der Waals surface area (Å²) >= 11 is 1.85. The van der Waals surface area contributed by atoms with Gasteiger partial charge in [0.1, 0.15) is 0 Å². The fourth-order valence-corrected chi connectivity index (χ4v) is 3.39. The molecule has 0 fully saturated rings. The molecule has 2 aromatic carbocycles. The Balaban J connectivity index is 2.17. The number of methoxy groups -OCH3 is 1. The summed E-state index contributed by atoms with van der Waals surface area (Å²) in [4.78, 5) is 0. The molecule has 2 atom stereocenters. The van der Waals surface area contributed by atoms with Gasteiger partial charge in [-0.15, -0.1) is 11.8 Å². The highest BCUT2D eigenvalue weighted by atomic mass is 32.2. The summed E-state index contributed by atoms with van der Waals surface area (Å²) in [5, 5.41) is 0.244. The van der Waals surface area contributed by atoms with Gasteiger partial charge in [-0.2, -0.15) is 0 Å². The van der Waals surface area contributed by atoms with Gasteiger partial charge in [-0.3, -0.25) is 0 Å². The largest absolute Gasteiger partial charge is 0.384 e. The molecule has 2 unspecified atom stereocenters. The van der Waals surface area contributed by atoms with Crippen LogP contribution in [0.1, 0.15) is 22.4 Å². The van der Waals surface area contributed by atoms with Crippen LogP contribution in [-0.4, -0.2) is 19.5 Å². The van der Waals surface area contributed by atoms with Crippen LogP contribution in [0.4, 0.5) is 0 Å². The minimum absolute atomic E-state index is 0.0135. The van der Waals surface area contributed by atoms with E-state index in [1.807, 2.05) is 36.0 Å². The normalized spacial score (nSPS) is 13.9. The van der Waals surface area contributed by atoms with E-state index < -0.39 is 0 Å². The number of ether oxygens (including phenoxy) is 1. The molecule has 3 heteroatoms. The van der Waals surface area contributed by atoms with Crippen molar-refractivity contribution in [2.24, 2.45) is 5.73 Å². The Morgan fingerprint density at radius 3 is 2.05 bits per heavy atom. The van der Waals surface area contributed by atoms with E-state index in [9.17, 15) is 0 Å². The maximum absolute atomic E-state index is 6.49. The highest BCUT2D eigenvalue weighted by Gasteiger charge is 2.21. The summed E-state index contributed by atoms with van der Waals surface area (Å²) in [6.07, 6.45) is 0. The second-order valence-corrected chi connectivity index (χ2v) is 5.88. The van der Waals surface area contributed by atoms with Crippen LogP contribution in [0, 0.1) is 0 Å². The first-order valence-corrected chi connectivity index (χ1v) is 7.84. The molecule has 0 saturated heterocycles. The first-order chi connectivity index (χ1) is 9.83. The zero-order chi connectivity index (χ0) is 14.2. The van der Waals surface area contributed by atoms with Crippen LogP contribution in [0.5, 0.6) is 0 Å². The molecule has 2 aromatic rings. The third kappa shape index (κ3) is 4.10. The highest BCUT2D eigenvalue weighted by Crippen LogP contribution is 2.38. The van der Waals surface area contributed by atoms with Crippen molar-refractivity contribution in [3.63, 3.8) is 0 Å². The van der Waals surface area contributed by atoms with Crippen molar-refractivity contribution >= 4 is 11.8 Å². The van der Waals surface area contributed by atoms with Gasteiger partial charge in [0.05, 0.1) is 6.61 Å². The van der Waals surface area contributed by atoms with Crippen LogP contribution in [0.15, 0.2) is 60.7 Å². The SMILES string of the molecule is COCCSC(c1ccccc1)C(N)c1ccccc1. The van der Waals surface area contributed by atoms with Crippen molar-refractivity contribution in [1.29, 1.82) is 0 Å². The Kier molecular flexibility index (Phi) is 6.12. The predicted octanol–water partition coefficient (Wildman–Crippen LogP) is 3.81. The number of hydrogen-bond donors (Lipinski definition) is 1. The van der Waals surface area contributed by atoms with Crippen LogP contribution >= 0.6 is 11.8 Å². The number of nitrogens with two attached hydrogens (primary N) is 1. The third-order valence-electron chi connectivity index (χ3n) is 3.22. The van der Waals surface area contributed by atoms with E-state index in [4.69, 9.17) is 10.5 Å². The lowest BCUT2D eigenvalue weighted by Crippen LogP contribution is -2.18. The van der Waals surface area contributed by atoms with Crippen molar-refractivity contribution in [3.8, 4) is 0 Å². The van der Waals surface area contributed by atoms with Crippen LogP contribution < -0.4 is 5.73 Å². The molecule has 106 valence electrons. The molecule has 0 aliphatic heterocycles. The topological polar surface area (TPSA) is 35.2 Å². The highest BCUT2D eigenvalue weighted by molar-refractivity contribution is 7.99. The first-order valence-electron chi connectivity index (χ1n) is 6.79. The standard InChI is InChI=1S/C17H21NOS/c1-19-12-13-20-17(15-10-6-3-7-11-15)16(18)14-8-4-2-5-9-14/h2-11,16-17H,12-13,18H2,1H3. The minimum atomic E-state index is -0.0135. The lowest BCUT2D eigenvalue weighted by molar-refractivity contribution is 0.218. The molecule has 0 spiro atoms. The molecule has 0 aliphatic carbocycles. The van der Waals surface area contributed by atoms with Crippen molar-refractivity contribution in [2.45, 2.75) is 11.3 Å². The summed E-state index contributed by atoms with van der Waals surface area (Å²) in [6, 6.07) is 20.7. The third-order valence-corrected chi connectivity index (χ3v) is 4.55. The maximum atomic E-state index is 6.49. The lowest BCUT2D eigenvalue weighted by atomic mass is 9.99. The molecule has 0 aliphatic rings. The number of rotatable bonds is 7. The van der Waals surface area contributed by atoms with Gasteiger partial charge in [0, 0.05) is 24.2 Å². The van der Waals surface area contributed by atoms with Gasteiger partial charge in [-0.1, -0.05) is 60.7 Å². The molecule has 0 heterocycles. The quantitative estimate of drug-likeness (QED) is 0.787. The first kappa shape index (κ1) is 15.1.